The van der Waals surface area contributed by atoms with E-state index in [1.807, 2.05) is 32.0 Å². The normalized spacial score (nSPS) is 11.0. The van der Waals surface area contributed by atoms with Crippen LogP contribution in [0, 0.1) is 20.8 Å². The van der Waals surface area contributed by atoms with Gasteiger partial charge in [-0.3, -0.25) is 14.3 Å². The molecule has 0 bridgehead atoms. The number of aromatic nitrogens is 3. The van der Waals surface area contributed by atoms with Gasteiger partial charge >= 0.3 is 0 Å². The molecule has 0 atom stereocenters. The number of rotatable bonds is 4. The van der Waals surface area contributed by atoms with Crippen molar-refractivity contribution < 1.29 is 4.79 Å². The zero-order valence-corrected chi connectivity index (χ0v) is 15.0. The van der Waals surface area contributed by atoms with E-state index in [4.69, 9.17) is 0 Å². The van der Waals surface area contributed by atoms with Crippen LogP contribution in [0.25, 0.3) is 10.9 Å². The summed E-state index contributed by atoms with van der Waals surface area (Å²) in [6, 6.07) is 7.93. The number of carbonyl (C=O) groups excluding carboxylic acids is 1. The van der Waals surface area contributed by atoms with Crippen LogP contribution in [0.3, 0.4) is 0 Å². The maximum absolute atomic E-state index is 12.6. The zero-order valence-electron chi connectivity index (χ0n) is 15.0. The molecule has 0 aliphatic heterocycles. The second-order valence-corrected chi connectivity index (χ2v) is 6.42. The van der Waals surface area contributed by atoms with Gasteiger partial charge in [-0.2, -0.15) is 5.10 Å². The molecule has 0 spiro atoms. The Morgan fingerprint density at radius 1 is 1.16 bits per heavy atom. The summed E-state index contributed by atoms with van der Waals surface area (Å²) in [6.07, 6.45) is 1.65. The monoisotopic (exact) mass is 338 g/mol. The number of carbonyl (C=O) groups is 1. The van der Waals surface area contributed by atoms with E-state index in [1.54, 1.807) is 17.9 Å². The van der Waals surface area contributed by atoms with E-state index in [0.29, 0.717) is 12.1 Å². The van der Waals surface area contributed by atoms with E-state index < -0.39 is 0 Å². The van der Waals surface area contributed by atoms with E-state index in [2.05, 4.69) is 23.4 Å². The van der Waals surface area contributed by atoms with Crippen LogP contribution in [0.2, 0.25) is 0 Å². The second kappa shape index (κ2) is 6.55. The molecule has 25 heavy (non-hydrogen) atoms. The summed E-state index contributed by atoms with van der Waals surface area (Å²) in [4.78, 5) is 24.8. The van der Waals surface area contributed by atoms with Crippen molar-refractivity contribution in [1.82, 2.24) is 19.7 Å². The number of hydrogen-bond donors (Lipinski definition) is 1. The van der Waals surface area contributed by atoms with Crippen molar-refractivity contribution in [2.24, 2.45) is 7.05 Å². The van der Waals surface area contributed by atoms with Crippen molar-refractivity contribution in [2.45, 2.75) is 33.9 Å². The van der Waals surface area contributed by atoms with Gasteiger partial charge in [-0.05, 0) is 43.5 Å². The number of fused-ring (bicyclic) bond motifs is 1. The van der Waals surface area contributed by atoms with Gasteiger partial charge in [0.1, 0.15) is 12.1 Å². The fourth-order valence-electron chi connectivity index (χ4n) is 2.95. The summed E-state index contributed by atoms with van der Waals surface area (Å²) in [5.74, 6) is -0.196. The summed E-state index contributed by atoms with van der Waals surface area (Å²) in [7, 11) is 1.74. The summed E-state index contributed by atoms with van der Waals surface area (Å²) in [5, 5.41) is 7.95. The molecule has 6 nitrogen and oxygen atoms in total. The van der Waals surface area contributed by atoms with E-state index in [1.165, 1.54) is 15.7 Å². The molecular formula is C19H22N4O2. The van der Waals surface area contributed by atoms with E-state index >= 15 is 0 Å². The van der Waals surface area contributed by atoms with Gasteiger partial charge in [0.15, 0.2) is 0 Å². The van der Waals surface area contributed by atoms with Crippen LogP contribution in [0.1, 0.15) is 22.4 Å². The molecule has 6 heteroatoms. The van der Waals surface area contributed by atoms with Gasteiger partial charge in [-0.15, -0.1) is 0 Å². The molecule has 0 saturated carbocycles. The minimum atomic E-state index is -0.207. The Bertz CT molecular complexity index is 1010. The minimum Gasteiger partial charge on any atom is -0.350 e. The number of aryl methyl sites for hydroxylation is 4. The Morgan fingerprint density at radius 3 is 2.64 bits per heavy atom. The maximum atomic E-state index is 12.6. The Kier molecular flexibility index (Phi) is 4.44. The van der Waals surface area contributed by atoms with Crippen LogP contribution >= 0.6 is 0 Å². The summed E-state index contributed by atoms with van der Waals surface area (Å²) in [5.41, 5.74) is 4.58. The molecule has 0 aliphatic rings. The van der Waals surface area contributed by atoms with E-state index in [0.717, 1.165) is 16.6 Å². The van der Waals surface area contributed by atoms with Gasteiger partial charge < -0.3 is 9.88 Å². The molecule has 0 aliphatic carbocycles. The molecule has 3 rings (SSSR count). The first-order valence-electron chi connectivity index (χ1n) is 8.22. The first-order chi connectivity index (χ1) is 11.9. The number of benzene rings is 1. The van der Waals surface area contributed by atoms with Gasteiger partial charge in [-0.25, -0.2) is 0 Å². The van der Waals surface area contributed by atoms with Gasteiger partial charge in [0.2, 0.25) is 5.91 Å². The summed E-state index contributed by atoms with van der Waals surface area (Å²) < 4.78 is 2.98. The molecule has 1 amide bonds. The third-order valence-electron chi connectivity index (χ3n) is 4.53. The number of amides is 1. The Hall–Kier alpha value is -2.89. The highest BCUT2D eigenvalue weighted by atomic mass is 16.2. The SMILES string of the molecule is Cc1ccc(CNC(=O)Cn2ccc3c(C)nn(C)c3c2=O)cc1C. The second-order valence-electron chi connectivity index (χ2n) is 6.42. The smallest absolute Gasteiger partial charge is 0.277 e. The molecule has 0 radical (unpaired) electrons. The molecule has 1 aromatic carbocycles. The molecular weight excluding hydrogens is 316 g/mol. The van der Waals surface area contributed by atoms with Crippen molar-refractivity contribution in [2.75, 3.05) is 0 Å². The van der Waals surface area contributed by atoms with Gasteiger partial charge in [0, 0.05) is 25.2 Å². The van der Waals surface area contributed by atoms with Crippen molar-refractivity contribution in [3.8, 4) is 0 Å². The Balaban J connectivity index is 1.73. The van der Waals surface area contributed by atoms with Gasteiger partial charge in [0.05, 0.1) is 5.69 Å². The lowest BCUT2D eigenvalue weighted by molar-refractivity contribution is -0.121. The fraction of sp³-hybridized carbons (Fsp3) is 0.316. The maximum Gasteiger partial charge on any atom is 0.277 e. The molecule has 0 unspecified atom stereocenters. The predicted molar refractivity (Wildman–Crippen MR) is 97.5 cm³/mol. The van der Waals surface area contributed by atoms with E-state index in [-0.39, 0.29) is 18.0 Å². The number of nitrogens with one attached hydrogen (secondary N) is 1. The number of nitrogens with zero attached hydrogens (tertiary/aromatic N) is 3. The van der Waals surface area contributed by atoms with Gasteiger partial charge in [-0.1, -0.05) is 18.2 Å². The lowest BCUT2D eigenvalue weighted by Gasteiger charge is -2.09. The van der Waals surface area contributed by atoms with Crippen molar-refractivity contribution in [3.63, 3.8) is 0 Å². The molecule has 3 aromatic rings. The minimum absolute atomic E-state index is 0.0101. The molecule has 130 valence electrons. The van der Waals surface area contributed by atoms with Crippen molar-refractivity contribution in [3.05, 3.63) is 63.2 Å². The molecule has 1 N–H and O–H groups in total. The fourth-order valence-corrected chi connectivity index (χ4v) is 2.95. The molecule has 2 heterocycles. The largest absolute Gasteiger partial charge is 0.350 e. The zero-order chi connectivity index (χ0) is 18.1. The van der Waals surface area contributed by atoms with Crippen LogP contribution in [-0.4, -0.2) is 20.3 Å². The first-order valence-corrected chi connectivity index (χ1v) is 8.22. The third kappa shape index (κ3) is 3.33. The number of hydrogen-bond acceptors (Lipinski definition) is 3. The highest BCUT2D eigenvalue weighted by molar-refractivity contribution is 5.81. The van der Waals surface area contributed by atoms with Gasteiger partial charge in [0.25, 0.3) is 5.56 Å². The van der Waals surface area contributed by atoms with Crippen LogP contribution in [0.5, 0.6) is 0 Å². The standard InChI is InChI=1S/C19H22N4O2/c1-12-5-6-15(9-13(12)2)10-20-17(24)11-23-8-7-16-14(3)21-22(4)18(16)19(23)25/h5-9H,10-11H2,1-4H3,(H,20,24). The van der Waals surface area contributed by atoms with E-state index in [9.17, 15) is 9.59 Å². The average molecular weight is 338 g/mol. The number of pyridine rings is 1. The van der Waals surface area contributed by atoms with Crippen LogP contribution in [-0.2, 0) is 24.9 Å². The lowest BCUT2D eigenvalue weighted by atomic mass is 10.1. The Morgan fingerprint density at radius 2 is 1.92 bits per heavy atom. The van der Waals surface area contributed by atoms with Crippen LogP contribution < -0.4 is 10.9 Å². The topological polar surface area (TPSA) is 68.9 Å². The Labute approximate surface area is 146 Å². The quantitative estimate of drug-likeness (QED) is 0.791. The molecule has 0 fully saturated rings. The summed E-state index contributed by atoms with van der Waals surface area (Å²) >= 11 is 0. The molecule has 2 aromatic heterocycles. The predicted octanol–water partition coefficient (Wildman–Crippen LogP) is 1.98. The van der Waals surface area contributed by atoms with Crippen LogP contribution in [0.4, 0.5) is 0 Å². The highest BCUT2D eigenvalue weighted by Crippen LogP contribution is 2.13. The van der Waals surface area contributed by atoms with Crippen LogP contribution in [0.15, 0.2) is 35.3 Å². The average Bonchev–Trinajstić information content (AvgIpc) is 2.86. The highest BCUT2D eigenvalue weighted by Gasteiger charge is 2.12. The first kappa shape index (κ1) is 17.0. The lowest BCUT2D eigenvalue weighted by Crippen LogP contribution is -2.32. The molecule has 0 saturated heterocycles. The van der Waals surface area contributed by atoms with Crippen molar-refractivity contribution >= 4 is 16.8 Å². The third-order valence-corrected chi connectivity index (χ3v) is 4.53. The van der Waals surface area contributed by atoms with Crippen molar-refractivity contribution in [1.29, 1.82) is 0 Å². The summed E-state index contributed by atoms with van der Waals surface area (Å²) in [6.45, 7) is 6.40.